The van der Waals surface area contributed by atoms with Gasteiger partial charge in [-0.3, -0.25) is 9.59 Å². The van der Waals surface area contributed by atoms with Crippen molar-refractivity contribution in [1.29, 1.82) is 0 Å². The van der Waals surface area contributed by atoms with E-state index in [-0.39, 0.29) is 29.4 Å². The summed E-state index contributed by atoms with van der Waals surface area (Å²) in [5, 5.41) is 34.3. The molecule has 3 aromatic rings. The highest BCUT2D eigenvalue weighted by Crippen LogP contribution is 2.58. The van der Waals surface area contributed by atoms with Crippen LogP contribution in [0.5, 0.6) is 11.5 Å². The van der Waals surface area contributed by atoms with Crippen LogP contribution >= 0.6 is 0 Å². The smallest absolute Gasteiger partial charge is 0.330 e. The SMILES string of the molecule is COc1cccc(OC)c1-c1cc(C(=O)NC2(C(=O)O)C3CC4CC(C3)CC2C4)nn1-c1ccc(C(=O)N(C)CCCN(C)C)cc1C(C)C.O=C(O)/C=C/C(=O)O. The number of carbonyl (C=O) groups excluding carboxylic acids is 2. The van der Waals surface area contributed by atoms with Crippen LogP contribution < -0.4 is 14.8 Å². The first-order valence-electron chi connectivity index (χ1n) is 19.6. The first-order valence-corrected chi connectivity index (χ1v) is 19.6. The van der Waals surface area contributed by atoms with Gasteiger partial charge in [0.25, 0.3) is 11.8 Å². The number of carboxylic acid groups (broad SMARTS) is 3. The lowest BCUT2D eigenvalue weighted by Gasteiger charge is -2.59. The number of hydrogen-bond acceptors (Lipinski definition) is 9. The van der Waals surface area contributed by atoms with Crippen molar-refractivity contribution in [3.8, 4) is 28.4 Å². The molecular formula is C43H55N5O10. The van der Waals surface area contributed by atoms with E-state index in [1.165, 1.54) is 6.42 Å². The number of carbonyl (C=O) groups is 5. The Labute approximate surface area is 338 Å². The minimum atomic E-state index is -1.32. The number of nitrogens with one attached hydrogen (secondary N) is 1. The third-order valence-corrected chi connectivity index (χ3v) is 11.7. The van der Waals surface area contributed by atoms with Gasteiger partial charge in [0.1, 0.15) is 17.0 Å². The minimum Gasteiger partial charge on any atom is -0.496 e. The molecule has 0 unspecified atom stereocenters. The molecule has 2 amide bonds. The van der Waals surface area contributed by atoms with E-state index in [2.05, 4.69) is 24.1 Å². The second kappa shape index (κ2) is 18.3. The second-order valence-electron chi connectivity index (χ2n) is 16.1. The Balaban J connectivity index is 0.000000725. The van der Waals surface area contributed by atoms with Crippen LogP contribution in [0.3, 0.4) is 0 Å². The number of rotatable bonds is 15. The predicted molar refractivity (Wildman–Crippen MR) is 216 cm³/mol. The molecule has 58 heavy (non-hydrogen) atoms. The largest absolute Gasteiger partial charge is 0.496 e. The van der Waals surface area contributed by atoms with Gasteiger partial charge in [0.05, 0.1) is 31.2 Å². The van der Waals surface area contributed by atoms with E-state index < -0.39 is 29.4 Å². The molecule has 4 fully saturated rings. The zero-order valence-corrected chi connectivity index (χ0v) is 34.2. The summed E-state index contributed by atoms with van der Waals surface area (Å²) in [6, 6.07) is 12.7. The van der Waals surface area contributed by atoms with Crippen LogP contribution in [-0.2, 0) is 14.4 Å². The van der Waals surface area contributed by atoms with Gasteiger partial charge in [-0.2, -0.15) is 5.10 Å². The number of amides is 2. The molecule has 1 aromatic heterocycles. The van der Waals surface area contributed by atoms with E-state index in [1.807, 2.05) is 51.5 Å². The van der Waals surface area contributed by atoms with Crippen molar-refractivity contribution >= 4 is 29.7 Å². The maximum absolute atomic E-state index is 14.3. The summed E-state index contributed by atoms with van der Waals surface area (Å²) in [6.45, 7) is 5.62. The molecule has 15 nitrogen and oxygen atoms in total. The summed E-state index contributed by atoms with van der Waals surface area (Å²) in [5.74, 6) is -2.15. The fourth-order valence-corrected chi connectivity index (χ4v) is 9.18. The van der Waals surface area contributed by atoms with Crippen LogP contribution in [0.2, 0.25) is 0 Å². The van der Waals surface area contributed by atoms with Crippen LogP contribution in [0, 0.1) is 23.7 Å². The Bertz CT molecular complexity index is 1990. The van der Waals surface area contributed by atoms with Crippen molar-refractivity contribution in [2.45, 2.75) is 63.8 Å². The highest BCUT2D eigenvalue weighted by atomic mass is 16.5. The number of carboxylic acids is 3. The molecule has 0 aliphatic heterocycles. The molecule has 0 saturated heterocycles. The molecular weight excluding hydrogens is 746 g/mol. The van der Waals surface area contributed by atoms with Crippen LogP contribution in [-0.4, -0.2) is 119 Å². The minimum absolute atomic E-state index is 0.00554. The number of benzene rings is 2. The van der Waals surface area contributed by atoms with E-state index in [1.54, 1.807) is 35.9 Å². The molecule has 4 aliphatic rings. The van der Waals surface area contributed by atoms with E-state index in [9.17, 15) is 29.1 Å². The average Bonchev–Trinajstić information content (AvgIpc) is 3.62. The monoisotopic (exact) mass is 801 g/mol. The fourth-order valence-electron chi connectivity index (χ4n) is 9.18. The Morgan fingerprint density at radius 1 is 0.862 bits per heavy atom. The van der Waals surface area contributed by atoms with E-state index in [0.29, 0.717) is 64.5 Å². The van der Waals surface area contributed by atoms with Crippen molar-refractivity contribution in [3.05, 3.63) is 71.4 Å². The van der Waals surface area contributed by atoms with Gasteiger partial charge in [0, 0.05) is 31.3 Å². The predicted octanol–water partition coefficient (Wildman–Crippen LogP) is 5.42. The van der Waals surface area contributed by atoms with Crippen molar-refractivity contribution in [2.75, 3.05) is 48.5 Å². The van der Waals surface area contributed by atoms with Crippen LogP contribution in [0.25, 0.3) is 16.9 Å². The standard InChI is InChI=1S/C39H51N5O6.C4H4O4/c1-23(2)29-21-26(37(46)43(5)15-9-14-42(3)4)12-13-31(29)44-32(35-33(49-6)10-8-11-34(35)50-7)22-30(41-44)36(45)40-39(38(47)48)27-17-24-16-25(19-27)20-28(39)18-24;5-3(6)1-2-4(7)8/h8,10-13,21-25,27-28H,9,14-20H2,1-7H3,(H,40,45)(H,47,48);1-2H,(H,5,6)(H,7,8)/b;2-1+. The van der Waals surface area contributed by atoms with Crippen molar-refractivity contribution in [2.24, 2.45) is 23.7 Å². The highest BCUT2D eigenvalue weighted by molar-refractivity contribution is 5.98. The molecule has 0 spiro atoms. The molecule has 2 aromatic carbocycles. The molecule has 15 heteroatoms. The lowest BCUT2D eigenvalue weighted by molar-refractivity contribution is -0.163. The lowest BCUT2D eigenvalue weighted by atomic mass is 9.48. The van der Waals surface area contributed by atoms with E-state index >= 15 is 0 Å². The lowest BCUT2D eigenvalue weighted by Crippen LogP contribution is -2.70. The van der Waals surface area contributed by atoms with Crippen LogP contribution in [0.4, 0.5) is 0 Å². The van der Waals surface area contributed by atoms with Gasteiger partial charge in [-0.1, -0.05) is 19.9 Å². The summed E-state index contributed by atoms with van der Waals surface area (Å²) < 4.78 is 13.3. The van der Waals surface area contributed by atoms with Crippen LogP contribution in [0.15, 0.2) is 54.6 Å². The maximum atomic E-state index is 14.3. The highest BCUT2D eigenvalue weighted by Gasteiger charge is 2.62. The third kappa shape index (κ3) is 9.20. The zero-order valence-electron chi connectivity index (χ0n) is 34.2. The van der Waals surface area contributed by atoms with Gasteiger partial charge in [-0.15, -0.1) is 0 Å². The van der Waals surface area contributed by atoms with Gasteiger partial charge >= 0.3 is 17.9 Å². The summed E-state index contributed by atoms with van der Waals surface area (Å²) in [6.07, 6.45) is 6.44. The molecule has 312 valence electrons. The molecule has 4 bridgehead atoms. The maximum Gasteiger partial charge on any atom is 0.330 e. The van der Waals surface area contributed by atoms with Crippen molar-refractivity contribution in [3.63, 3.8) is 0 Å². The zero-order chi connectivity index (χ0) is 42.5. The normalized spacial score (nSPS) is 21.7. The number of hydrogen-bond donors (Lipinski definition) is 4. The summed E-state index contributed by atoms with van der Waals surface area (Å²) in [7, 11) is 9.00. The molecule has 4 aliphatic carbocycles. The van der Waals surface area contributed by atoms with Gasteiger partial charge in [-0.05, 0) is 131 Å². The molecule has 7 rings (SSSR count). The Hall–Kier alpha value is -5.70. The van der Waals surface area contributed by atoms with Crippen molar-refractivity contribution in [1.82, 2.24) is 24.9 Å². The number of nitrogens with zero attached hydrogens (tertiary/aromatic N) is 4. The van der Waals surface area contributed by atoms with Crippen LogP contribution in [0.1, 0.15) is 84.7 Å². The second-order valence-corrected chi connectivity index (χ2v) is 16.1. The quantitative estimate of drug-likeness (QED) is 0.142. The number of aromatic nitrogens is 2. The molecule has 0 radical (unpaired) electrons. The Kier molecular flexibility index (Phi) is 13.7. The molecule has 1 heterocycles. The molecule has 4 saturated carbocycles. The summed E-state index contributed by atoms with van der Waals surface area (Å²) >= 11 is 0. The van der Waals surface area contributed by atoms with Gasteiger partial charge in [-0.25, -0.2) is 19.1 Å². The average molecular weight is 802 g/mol. The summed E-state index contributed by atoms with van der Waals surface area (Å²) in [4.78, 5) is 63.9. The Morgan fingerprint density at radius 3 is 1.91 bits per heavy atom. The summed E-state index contributed by atoms with van der Waals surface area (Å²) in [5.41, 5.74) is 2.04. The Morgan fingerprint density at radius 2 is 1.43 bits per heavy atom. The van der Waals surface area contributed by atoms with Gasteiger partial charge < -0.3 is 39.9 Å². The first kappa shape index (κ1) is 43.4. The fraction of sp³-hybridized carbons (Fsp3) is 0.488. The van der Waals surface area contributed by atoms with E-state index in [0.717, 1.165) is 44.2 Å². The topological polar surface area (TPSA) is 201 Å². The third-order valence-electron chi connectivity index (χ3n) is 11.7. The van der Waals surface area contributed by atoms with Gasteiger partial charge in [0.2, 0.25) is 0 Å². The molecule has 0 atom stereocenters. The van der Waals surface area contributed by atoms with E-state index in [4.69, 9.17) is 24.8 Å². The number of methoxy groups -OCH3 is 2. The van der Waals surface area contributed by atoms with Gasteiger partial charge in [0.15, 0.2) is 5.69 Å². The molecule has 4 N–H and O–H groups in total. The first-order chi connectivity index (χ1) is 27.5. The number of aliphatic carboxylic acids is 3. The number of ether oxygens (including phenoxy) is 2. The van der Waals surface area contributed by atoms with Crippen molar-refractivity contribution < 1.29 is 48.8 Å².